The second-order valence-electron chi connectivity index (χ2n) is 6.47. The number of amides is 1. The van der Waals surface area contributed by atoms with Gasteiger partial charge in [-0.3, -0.25) is 20.2 Å². The third-order valence-electron chi connectivity index (χ3n) is 4.32. The molecule has 0 aliphatic heterocycles. The number of nitrogens with one attached hydrogen (secondary N) is 1. The third-order valence-corrected chi connectivity index (χ3v) is 5.55. The van der Waals surface area contributed by atoms with E-state index < -0.39 is 10.8 Å². The molecule has 4 aromatic rings. The number of hydrogen-bond donors (Lipinski definition) is 1. The van der Waals surface area contributed by atoms with Crippen LogP contribution < -0.4 is 5.32 Å². The second-order valence-corrected chi connectivity index (χ2v) is 8.00. The van der Waals surface area contributed by atoms with Crippen LogP contribution in [-0.4, -0.2) is 15.8 Å². The summed E-state index contributed by atoms with van der Waals surface area (Å²) in [7, 11) is 0. The number of halogens is 2. The van der Waals surface area contributed by atoms with Gasteiger partial charge in [0.15, 0.2) is 10.9 Å². The second kappa shape index (κ2) is 8.66. The first kappa shape index (κ1) is 20.7. The maximum atomic E-state index is 13.0. The molecule has 0 aliphatic carbocycles. The minimum absolute atomic E-state index is 0.0414. The standard InChI is InChI=1S/C21H13ClFN3O4S/c22-17-10-14(26(28)29)5-6-16(17)18-7-8-19(30-18)20(27)25-21-24-11-15(31-21)9-12-1-3-13(23)4-2-12/h1-8,10-11H,9H2,(H,24,25,27). The van der Waals surface area contributed by atoms with Gasteiger partial charge in [-0.05, 0) is 35.9 Å². The number of aromatic nitrogens is 1. The molecule has 0 saturated heterocycles. The summed E-state index contributed by atoms with van der Waals surface area (Å²) in [6.07, 6.45) is 2.21. The van der Waals surface area contributed by atoms with Crippen LogP contribution in [0.1, 0.15) is 21.0 Å². The average molecular weight is 458 g/mol. The number of carbonyl (C=O) groups excluding carboxylic acids is 1. The molecule has 0 aliphatic rings. The van der Waals surface area contributed by atoms with E-state index in [9.17, 15) is 19.3 Å². The maximum absolute atomic E-state index is 13.0. The zero-order valence-electron chi connectivity index (χ0n) is 15.7. The zero-order chi connectivity index (χ0) is 22.0. The molecule has 2 aromatic heterocycles. The van der Waals surface area contributed by atoms with Crippen molar-refractivity contribution >= 4 is 39.7 Å². The van der Waals surface area contributed by atoms with E-state index in [4.69, 9.17) is 16.0 Å². The van der Waals surface area contributed by atoms with Gasteiger partial charge in [0.1, 0.15) is 11.6 Å². The van der Waals surface area contributed by atoms with Crippen molar-refractivity contribution < 1.29 is 18.5 Å². The number of nitro groups is 1. The molecule has 7 nitrogen and oxygen atoms in total. The Hall–Kier alpha value is -3.56. The van der Waals surface area contributed by atoms with Gasteiger partial charge in [-0.25, -0.2) is 9.37 Å². The van der Waals surface area contributed by atoms with E-state index in [0.29, 0.717) is 22.9 Å². The van der Waals surface area contributed by atoms with Gasteiger partial charge in [0, 0.05) is 35.2 Å². The summed E-state index contributed by atoms with van der Waals surface area (Å²) >= 11 is 7.41. The van der Waals surface area contributed by atoms with Gasteiger partial charge < -0.3 is 4.42 Å². The number of furan rings is 1. The van der Waals surface area contributed by atoms with Crippen LogP contribution >= 0.6 is 22.9 Å². The van der Waals surface area contributed by atoms with E-state index >= 15 is 0 Å². The normalized spacial score (nSPS) is 10.8. The Balaban J connectivity index is 1.44. The van der Waals surface area contributed by atoms with Crippen molar-refractivity contribution in [1.82, 2.24) is 4.98 Å². The molecular formula is C21H13ClFN3O4S. The number of carbonyl (C=O) groups is 1. The minimum Gasteiger partial charge on any atom is -0.451 e. The van der Waals surface area contributed by atoms with Gasteiger partial charge in [0.05, 0.1) is 9.95 Å². The molecule has 156 valence electrons. The molecule has 0 spiro atoms. The maximum Gasteiger partial charge on any atom is 0.293 e. The lowest BCUT2D eigenvalue weighted by molar-refractivity contribution is -0.384. The lowest BCUT2D eigenvalue weighted by atomic mass is 10.1. The predicted octanol–water partition coefficient (Wildman–Crippen LogP) is 5.95. The lowest BCUT2D eigenvalue weighted by Gasteiger charge is -2.01. The number of non-ortho nitro benzene ring substituents is 1. The fourth-order valence-electron chi connectivity index (χ4n) is 2.83. The molecule has 31 heavy (non-hydrogen) atoms. The Labute approximate surface area is 184 Å². The summed E-state index contributed by atoms with van der Waals surface area (Å²) in [5, 5.41) is 14.0. The molecule has 0 atom stereocenters. The number of nitrogens with zero attached hydrogens (tertiary/aromatic N) is 2. The van der Waals surface area contributed by atoms with Crippen molar-refractivity contribution in [3.05, 3.63) is 97.9 Å². The van der Waals surface area contributed by atoms with Crippen LogP contribution in [0.15, 0.2) is 65.2 Å². The van der Waals surface area contributed by atoms with E-state index in [1.165, 1.54) is 47.7 Å². The van der Waals surface area contributed by atoms with E-state index in [0.717, 1.165) is 10.4 Å². The highest BCUT2D eigenvalue weighted by Gasteiger charge is 2.17. The van der Waals surface area contributed by atoms with Crippen LogP contribution in [0.5, 0.6) is 0 Å². The summed E-state index contributed by atoms with van der Waals surface area (Å²) in [6, 6.07) is 13.2. The molecule has 1 N–H and O–H groups in total. The van der Waals surface area contributed by atoms with Crippen LogP contribution in [0.2, 0.25) is 5.02 Å². The summed E-state index contributed by atoms with van der Waals surface area (Å²) in [5.74, 6) is -0.443. The fourth-order valence-corrected chi connectivity index (χ4v) is 3.94. The van der Waals surface area contributed by atoms with Crippen molar-refractivity contribution in [2.24, 2.45) is 0 Å². The van der Waals surface area contributed by atoms with Gasteiger partial charge in [-0.2, -0.15) is 0 Å². The summed E-state index contributed by atoms with van der Waals surface area (Å²) in [5.41, 5.74) is 1.22. The Morgan fingerprint density at radius 3 is 2.68 bits per heavy atom. The molecule has 2 heterocycles. The van der Waals surface area contributed by atoms with E-state index in [-0.39, 0.29) is 22.3 Å². The summed E-state index contributed by atoms with van der Waals surface area (Å²) < 4.78 is 18.6. The summed E-state index contributed by atoms with van der Waals surface area (Å²) in [6.45, 7) is 0. The Bertz CT molecular complexity index is 1270. The van der Waals surface area contributed by atoms with E-state index in [1.54, 1.807) is 24.4 Å². The molecule has 0 fully saturated rings. The van der Waals surface area contributed by atoms with Gasteiger partial charge in [-0.15, -0.1) is 11.3 Å². The number of anilines is 1. The molecule has 2 aromatic carbocycles. The fraction of sp³-hybridized carbons (Fsp3) is 0.0476. The van der Waals surface area contributed by atoms with Gasteiger partial charge in [-0.1, -0.05) is 23.7 Å². The average Bonchev–Trinajstić information content (AvgIpc) is 3.39. The van der Waals surface area contributed by atoms with Crippen molar-refractivity contribution in [3.63, 3.8) is 0 Å². The van der Waals surface area contributed by atoms with E-state index in [2.05, 4.69) is 10.3 Å². The molecule has 0 unspecified atom stereocenters. The SMILES string of the molecule is O=C(Nc1ncc(Cc2ccc(F)cc2)s1)c1ccc(-c2ccc([N+](=O)[O-])cc2Cl)o1. The van der Waals surface area contributed by atoms with Crippen LogP contribution in [0.4, 0.5) is 15.2 Å². The highest BCUT2D eigenvalue weighted by Crippen LogP contribution is 2.32. The number of nitro benzene ring substituents is 1. The molecular weight excluding hydrogens is 445 g/mol. The van der Waals surface area contributed by atoms with Crippen LogP contribution in [0, 0.1) is 15.9 Å². The first-order chi connectivity index (χ1) is 14.9. The minimum atomic E-state index is -0.547. The number of rotatable bonds is 6. The monoisotopic (exact) mass is 457 g/mol. The summed E-state index contributed by atoms with van der Waals surface area (Å²) in [4.78, 5) is 27.9. The largest absolute Gasteiger partial charge is 0.451 e. The smallest absolute Gasteiger partial charge is 0.293 e. The van der Waals surface area contributed by atoms with Gasteiger partial charge >= 0.3 is 0 Å². The van der Waals surface area contributed by atoms with E-state index in [1.807, 2.05) is 0 Å². The highest BCUT2D eigenvalue weighted by molar-refractivity contribution is 7.15. The van der Waals surface area contributed by atoms with Crippen LogP contribution in [-0.2, 0) is 6.42 Å². The topological polar surface area (TPSA) is 98.3 Å². The molecule has 0 radical (unpaired) electrons. The first-order valence-electron chi connectivity index (χ1n) is 8.94. The Kier molecular flexibility index (Phi) is 5.79. The number of hydrogen-bond acceptors (Lipinski definition) is 6. The lowest BCUT2D eigenvalue weighted by Crippen LogP contribution is -2.10. The molecule has 0 bridgehead atoms. The molecule has 4 rings (SSSR count). The Morgan fingerprint density at radius 2 is 1.97 bits per heavy atom. The number of thiazole rings is 1. The first-order valence-corrected chi connectivity index (χ1v) is 10.1. The third kappa shape index (κ3) is 4.79. The molecule has 0 saturated carbocycles. The molecule has 10 heteroatoms. The van der Waals surface area contributed by atoms with Crippen LogP contribution in [0.25, 0.3) is 11.3 Å². The van der Waals surface area contributed by atoms with Crippen molar-refractivity contribution in [2.45, 2.75) is 6.42 Å². The van der Waals surface area contributed by atoms with Crippen molar-refractivity contribution in [1.29, 1.82) is 0 Å². The van der Waals surface area contributed by atoms with Crippen LogP contribution in [0.3, 0.4) is 0 Å². The van der Waals surface area contributed by atoms with Gasteiger partial charge in [0.2, 0.25) is 0 Å². The van der Waals surface area contributed by atoms with Crippen molar-refractivity contribution in [2.75, 3.05) is 5.32 Å². The predicted molar refractivity (Wildman–Crippen MR) is 115 cm³/mol. The highest BCUT2D eigenvalue weighted by atomic mass is 35.5. The Morgan fingerprint density at radius 1 is 1.19 bits per heavy atom. The number of benzene rings is 2. The van der Waals surface area contributed by atoms with Crippen molar-refractivity contribution in [3.8, 4) is 11.3 Å². The quantitative estimate of drug-likeness (QED) is 0.285. The zero-order valence-corrected chi connectivity index (χ0v) is 17.2. The van der Waals surface area contributed by atoms with Gasteiger partial charge in [0.25, 0.3) is 11.6 Å². The molecule has 1 amide bonds.